The number of amides is 1. The summed E-state index contributed by atoms with van der Waals surface area (Å²) in [7, 11) is 0. The highest BCUT2D eigenvalue weighted by Crippen LogP contribution is 2.19. The number of nitrogens with one attached hydrogen (secondary N) is 2. The summed E-state index contributed by atoms with van der Waals surface area (Å²) in [4.78, 5) is 14.3. The summed E-state index contributed by atoms with van der Waals surface area (Å²) in [6, 6.07) is 13.1. The van der Waals surface area contributed by atoms with Gasteiger partial charge in [-0.2, -0.15) is 0 Å². The number of thiocarbonyl (C=S) groups is 1. The number of rotatable bonds is 3. The molecular formula is C18H18FN3O2S. The van der Waals surface area contributed by atoms with Crippen LogP contribution in [0.1, 0.15) is 10.4 Å². The lowest BCUT2D eigenvalue weighted by Crippen LogP contribution is -2.36. The molecule has 0 atom stereocenters. The summed E-state index contributed by atoms with van der Waals surface area (Å²) >= 11 is 5.15. The molecular weight excluding hydrogens is 341 g/mol. The van der Waals surface area contributed by atoms with E-state index in [-0.39, 0.29) is 11.0 Å². The Morgan fingerprint density at radius 3 is 2.32 bits per heavy atom. The molecule has 2 N–H and O–H groups in total. The van der Waals surface area contributed by atoms with Gasteiger partial charge in [-0.05, 0) is 60.7 Å². The van der Waals surface area contributed by atoms with Crippen molar-refractivity contribution >= 4 is 34.6 Å². The number of carbonyl (C=O) groups is 1. The van der Waals surface area contributed by atoms with Gasteiger partial charge in [0.05, 0.1) is 13.2 Å². The zero-order chi connectivity index (χ0) is 17.6. The van der Waals surface area contributed by atoms with E-state index in [2.05, 4.69) is 15.5 Å². The monoisotopic (exact) mass is 359 g/mol. The van der Waals surface area contributed by atoms with Crippen LogP contribution in [0.2, 0.25) is 0 Å². The Balaban J connectivity index is 1.55. The third kappa shape index (κ3) is 4.74. The minimum absolute atomic E-state index is 0.188. The van der Waals surface area contributed by atoms with Crippen LogP contribution >= 0.6 is 12.2 Å². The third-order valence-electron chi connectivity index (χ3n) is 3.83. The predicted octanol–water partition coefficient (Wildman–Crippen LogP) is 2.79. The number of benzene rings is 2. The fraction of sp³-hybridized carbons (Fsp3) is 0.222. The predicted molar refractivity (Wildman–Crippen MR) is 99.6 cm³/mol. The fourth-order valence-corrected chi connectivity index (χ4v) is 2.73. The van der Waals surface area contributed by atoms with E-state index >= 15 is 0 Å². The molecule has 0 unspecified atom stereocenters. The molecule has 130 valence electrons. The molecule has 0 saturated carbocycles. The number of nitrogens with zero attached hydrogens (tertiary/aromatic N) is 1. The van der Waals surface area contributed by atoms with Crippen LogP contribution in [0.5, 0.6) is 0 Å². The van der Waals surface area contributed by atoms with Crippen molar-refractivity contribution in [3.05, 3.63) is 59.9 Å². The fourth-order valence-electron chi connectivity index (χ4n) is 2.52. The van der Waals surface area contributed by atoms with E-state index in [1.807, 2.05) is 24.3 Å². The molecule has 0 aliphatic carbocycles. The first kappa shape index (κ1) is 17.3. The van der Waals surface area contributed by atoms with Crippen LogP contribution in [0.15, 0.2) is 48.5 Å². The van der Waals surface area contributed by atoms with E-state index < -0.39 is 5.82 Å². The summed E-state index contributed by atoms with van der Waals surface area (Å²) < 4.78 is 18.2. The Morgan fingerprint density at radius 2 is 1.68 bits per heavy atom. The van der Waals surface area contributed by atoms with Crippen molar-refractivity contribution in [3.63, 3.8) is 0 Å². The SMILES string of the molecule is O=C(NC(=S)Nc1ccc(N2CCOCC2)cc1)c1ccc(F)cc1. The van der Waals surface area contributed by atoms with Gasteiger partial charge in [-0.1, -0.05) is 0 Å². The van der Waals surface area contributed by atoms with Crippen LogP contribution in [0, 0.1) is 5.82 Å². The molecule has 7 heteroatoms. The minimum Gasteiger partial charge on any atom is -0.378 e. The second-order valence-corrected chi connectivity index (χ2v) is 5.97. The highest BCUT2D eigenvalue weighted by atomic mass is 32.1. The highest BCUT2D eigenvalue weighted by Gasteiger charge is 2.11. The Kier molecular flexibility index (Phi) is 5.57. The molecule has 0 radical (unpaired) electrons. The van der Waals surface area contributed by atoms with Crippen LogP contribution in [0.25, 0.3) is 0 Å². The lowest BCUT2D eigenvalue weighted by molar-refractivity contribution is 0.0977. The summed E-state index contributed by atoms with van der Waals surface area (Å²) in [5.74, 6) is -0.778. The maximum atomic E-state index is 12.9. The van der Waals surface area contributed by atoms with Crippen LogP contribution in [0.3, 0.4) is 0 Å². The first-order chi connectivity index (χ1) is 12.1. The van der Waals surface area contributed by atoms with Crippen LogP contribution in [0.4, 0.5) is 15.8 Å². The van der Waals surface area contributed by atoms with Gasteiger partial charge in [0, 0.05) is 30.0 Å². The van der Waals surface area contributed by atoms with E-state index in [1.165, 1.54) is 24.3 Å². The van der Waals surface area contributed by atoms with Crippen molar-refractivity contribution in [1.29, 1.82) is 0 Å². The summed E-state index contributed by atoms with van der Waals surface area (Å²) in [6.07, 6.45) is 0. The number of hydrogen-bond donors (Lipinski definition) is 2. The molecule has 1 aliphatic rings. The third-order valence-corrected chi connectivity index (χ3v) is 4.04. The van der Waals surface area contributed by atoms with E-state index in [0.717, 1.165) is 37.7 Å². The number of hydrogen-bond acceptors (Lipinski definition) is 4. The smallest absolute Gasteiger partial charge is 0.257 e. The minimum atomic E-state index is -0.391. The Labute approximate surface area is 150 Å². The maximum Gasteiger partial charge on any atom is 0.257 e. The van der Waals surface area contributed by atoms with Gasteiger partial charge in [0.15, 0.2) is 5.11 Å². The van der Waals surface area contributed by atoms with Gasteiger partial charge in [0.2, 0.25) is 0 Å². The molecule has 25 heavy (non-hydrogen) atoms. The van der Waals surface area contributed by atoms with Gasteiger partial charge in [0.1, 0.15) is 5.82 Å². The van der Waals surface area contributed by atoms with Crippen molar-refractivity contribution in [2.24, 2.45) is 0 Å². The Morgan fingerprint density at radius 1 is 1.04 bits per heavy atom. The Hall–Kier alpha value is -2.51. The molecule has 1 aliphatic heterocycles. The molecule has 2 aromatic rings. The quantitative estimate of drug-likeness (QED) is 0.826. The summed E-state index contributed by atoms with van der Waals surface area (Å²) in [5, 5.41) is 5.73. The molecule has 1 heterocycles. The van der Waals surface area contributed by atoms with Gasteiger partial charge >= 0.3 is 0 Å². The molecule has 0 aromatic heterocycles. The number of anilines is 2. The first-order valence-corrected chi connectivity index (χ1v) is 8.33. The molecule has 0 spiro atoms. The zero-order valence-electron chi connectivity index (χ0n) is 13.5. The molecule has 1 saturated heterocycles. The topological polar surface area (TPSA) is 53.6 Å². The van der Waals surface area contributed by atoms with E-state index in [1.54, 1.807) is 0 Å². The van der Waals surface area contributed by atoms with Crippen molar-refractivity contribution in [2.45, 2.75) is 0 Å². The van der Waals surface area contributed by atoms with E-state index in [4.69, 9.17) is 17.0 Å². The average molecular weight is 359 g/mol. The van der Waals surface area contributed by atoms with Gasteiger partial charge in [-0.15, -0.1) is 0 Å². The second-order valence-electron chi connectivity index (χ2n) is 5.56. The molecule has 1 fully saturated rings. The van der Waals surface area contributed by atoms with Crippen molar-refractivity contribution in [3.8, 4) is 0 Å². The van der Waals surface area contributed by atoms with Crippen LogP contribution in [-0.2, 0) is 4.74 Å². The highest BCUT2D eigenvalue weighted by molar-refractivity contribution is 7.80. The summed E-state index contributed by atoms with van der Waals surface area (Å²) in [6.45, 7) is 3.22. The van der Waals surface area contributed by atoms with Gasteiger partial charge in [-0.25, -0.2) is 4.39 Å². The largest absolute Gasteiger partial charge is 0.378 e. The molecule has 0 bridgehead atoms. The van der Waals surface area contributed by atoms with Crippen LogP contribution < -0.4 is 15.5 Å². The lowest BCUT2D eigenvalue weighted by atomic mass is 10.2. The molecule has 1 amide bonds. The van der Waals surface area contributed by atoms with E-state index in [0.29, 0.717) is 5.56 Å². The molecule has 2 aromatic carbocycles. The number of ether oxygens (including phenoxy) is 1. The molecule has 3 rings (SSSR count). The van der Waals surface area contributed by atoms with Gasteiger partial charge in [0.25, 0.3) is 5.91 Å². The van der Waals surface area contributed by atoms with Crippen LogP contribution in [-0.4, -0.2) is 37.3 Å². The standard InChI is InChI=1S/C18H18FN3O2S/c19-14-3-1-13(2-4-14)17(23)21-18(25)20-15-5-7-16(8-6-15)22-9-11-24-12-10-22/h1-8H,9-12H2,(H2,20,21,23,25). The maximum absolute atomic E-state index is 12.9. The number of morpholine rings is 1. The van der Waals surface area contributed by atoms with Crippen molar-refractivity contribution < 1.29 is 13.9 Å². The average Bonchev–Trinajstić information content (AvgIpc) is 2.63. The van der Waals surface area contributed by atoms with Gasteiger partial charge in [-0.3, -0.25) is 10.1 Å². The second kappa shape index (κ2) is 8.04. The lowest BCUT2D eigenvalue weighted by Gasteiger charge is -2.28. The molecule has 5 nitrogen and oxygen atoms in total. The van der Waals surface area contributed by atoms with Crippen molar-refractivity contribution in [2.75, 3.05) is 36.5 Å². The first-order valence-electron chi connectivity index (χ1n) is 7.92. The number of halogens is 1. The number of carbonyl (C=O) groups excluding carboxylic acids is 1. The van der Waals surface area contributed by atoms with Crippen molar-refractivity contribution in [1.82, 2.24) is 5.32 Å². The zero-order valence-corrected chi connectivity index (χ0v) is 14.3. The van der Waals surface area contributed by atoms with Gasteiger partial charge < -0.3 is 15.0 Å². The van der Waals surface area contributed by atoms with E-state index in [9.17, 15) is 9.18 Å². The Bertz CT molecular complexity index is 744. The normalized spacial score (nSPS) is 14.0. The summed E-state index contributed by atoms with van der Waals surface area (Å²) in [5.41, 5.74) is 2.24.